The summed E-state index contributed by atoms with van der Waals surface area (Å²) in [6, 6.07) is 0.587. The first-order valence-electron chi connectivity index (χ1n) is 8.92. The van der Waals surface area contributed by atoms with Gasteiger partial charge < -0.3 is 15.4 Å². The molecule has 2 N–H and O–H groups in total. The molecule has 0 aromatic heterocycles. The highest BCUT2D eigenvalue weighted by Gasteiger charge is 2.23. The molecule has 1 fully saturated rings. The van der Waals surface area contributed by atoms with Crippen molar-refractivity contribution >= 4 is 5.96 Å². The van der Waals surface area contributed by atoms with Gasteiger partial charge in [0.15, 0.2) is 5.96 Å². The Morgan fingerprint density at radius 2 is 2.09 bits per heavy atom. The predicted octanol–water partition coefficient (Wildman–Crippen LogP) is 3.10. The van der Waals surface area contributed by atoms with Crippen LogP contribution in [0, 0.1) is 11.8 Å². The third kappa shape index (κ3) is 5.64. The monoisotopic (exact) mass is 307 g/mol. The molecule has 0 aromatic carbocycles. The lowest BCUT2D eigenvalue weighted by atomic mass is 9.80. The molecular formula is C18H33N3O. The second-order valence-corrected chi connectivity index (χ2v) is 6.94. The summed E-state index contributed by atoms with van der Waals surface area (Å²) in [5.41, 5.74) is 1.51. The van der Waals surface area contributed by atoms with Crippen molar-refractivity contribution < 1.29 is 4.74 Å². The Labute approximate surface area is 135 Å². The van der Waals surface area contributed by atoms with Gasteiger partial charge in [0.1, 0.15) is 0 Å². The van der Waals surface area contributed by atoms with E-state index in [1.165, 1.54) is 31.3 Å². The summed E-state index contributed by atoms with van der Waals surface area (Å²) in [5, 5.41) is 7.05. The first kappa shape index (κ1) is 17.3. The molecule has 1 aliphatic heterocycles. The van der Waals surface area contributed by atoms with Gasteiger partial charge in [0, 0.05) is 19.6 Å². The summed E-state index contributed by atoms with van der Waals surface area (Å²) in [6.45, 7) is 7.31. The number of aliphatic imine (C=N–C) groups is 1. The van der Waals surface area contributed by atoms with Crippen LogP contribution in [0.4, 0.5) is 0 Å². The fourth-order valence-electron chi connectivity index (χ4n) is 3.45. The number of rotatable bonds is 5. The summed E-state index contributed by atoms with van der Waals surface area (Å²) >= 11 is 0. The molecule has 0 spiro atoms. The zero-order valence-electron chi connectivity index (χ0n) is 14.5. The molecule has 1 heterocycles. The topological polar surface area (TPSA) is 45.7 Å². The lowest BCUT2D eigenvalue weighted by Crippen LogP contribution is -2.45. The second kappa shape index (κ2) is 9.19. The summed E-state index contributed by atoms with van der Waals surface area (Å²) in [6.07, 6.45) is 9.61. The number of nitrogens with zero attached hydrogens (tertiary/aromatic N) is 1. The van der Waals surface area contributed by atoms with Crippen molar-refractivity contribution in [3.63, 3.8) is 0 Å². The van der Waals surface area contributed by atoms with Crippen molar-refractivity contribution in [3.05, 3.63) is 11.6 Å². The van der Waals surface area contributed by atoms with Gasteiger partial charge in [-0.25, -0.2) is 0 Å². The van der Waals surface area contributed by atoms with Crippen molar-refractivity contribution in [2.75, 3.05) is 26.8 Å². The lowest BCUT2D eigenvalue weighted by Gasteiger charge is -2.32. The minimum atomic E-state index is 0.587. The maximum absolute atomic E-state index is 5.34. The van der Waals surface area contributed by atoms with Crippen molar-refractivity contribution in [3.8, 4) is 0 Å². The molecule has 2 rings (SSSR count). The van der Waals surface area contributed by atoms with Gasteiger partial charge in [-0.3, -0.25) is 4.99 Å². The number of nitrogens with one attached hydrogen (secondary N) is 2. The quantitative estimate of drug-likeness (QED) is 0.466. The van der Waals surface area contributed by atoms with Gasteiger partial charge in [-0.15, -0.1) is 0 Å². The molecule has 0 saturated heterocycles. The van der Waals surface area contributed by atoms with E-state index in [9.17, 15) is 0 Å². The van der Waals surface area contributed by atoms with Crippen LogP contribution >= 0.6 is 0 Å². The largest absolute Gasteiger partial charge is 0.377 e. The van der Waals surface area contributed by atoms with E-state index in [1.54, 1.807) is 0 Å². The molecule has 126 valence electrons. The highest BCUT2D eigenvalue weighted by atomic mass is 16.5. The number of hydrogen-bond donors (Lipinski definition) is 2. The van der Waals surface area contributed by atoms with Crippen LogP contribution in [0.15, 0.2) is 16.6 Å². The first-order valence-corrected chi connectivity index (χ1v) is 8.92. The minimum absolute atomic E-state index is 0.587. The van der Waals surface area contributed by atoms with Gasteiger partial charge in [0.25, 0.3) is 0 Å². The molecular weight excluding hydrogens is 274 g/mol. The first-order chi connectivity index (χ1) is 10.7. The van der Waals surface area contributed by atoms with Gasteiger partial charge in [0.2, 0.25) is 0 Å². The number of guanidine groups is 1. The van der Waals surface area contributed by atoms with Crippen LogP contribution in [0.3, 0.4) is 0 Å². The minimum Gasteiger partial charge on any atom is -0.377 e. The molecule has 0 bridgehead atoms. The van der Waals surface area contributed by atoms with Gasteiger partial charge in [-0.2, -0.15) is 0 Å². The molecule has 0 radical (unpaired) electrons. The summed E-state index contributed by atoms with van der Waals surface area (Å²) in [5.74, 6) is 2.69. The van der Waals surface area contributed by atoms with E-state index in [2.05, 4.69) is 35.5 Å². The Morgan fingerprint density at radius 3 is 2.68 bits per heavy atom. The third-order valence-electron chi connectivity index (χ3n) is 5.08. The maximum Gasteiger partial charge on any atom is 0.191 e. The standard InChI is InChI=1S/C18H33N3O/c1-14(2)16-4-6-17(7-5-16)21-18(19-3)20-11-8-15-9-12-22-13-10-15/h9,14,16-17H,4-8,10-13H2,1-3H3,(H2,19,20,21). The van der Waals surface area contributed by atoms with Crippen molar-refractivity contribution in [1.29, 1.82) is 0 Å². The highest BCUT2D eigenvalue weighted by molar-refractivity contribution is 5.79. The Balaban J connectivity index is 1.66. The van der Waals surface area contributed by atoms with Crippen LogP contribution in [-0.2, 0) is 4.74 Å². The van der Waals surface area contributed by atoms with E-state index in [4.69, 9.17) is 4.74 Å². The lowest BCUT2D eigenvalue weighted by molar-refractivity contribution is 0.153. The van der Waals surface area contributed by atoms with Crippen molar-refractivity contribution in [2.24, 2.45) is 16.8 Å². The van der Waals surface area contributed by atoms with E-state index >= 15 is 0 Å². The average molecular weight is 307 g/mol. The smallest absolute Gasteiger partial charge is 0.191 e. The van der Waals surface area contributed by atoms with Gasteiger partial charge >= 0.3 is 0 Å². The van der Waals surface area contributed by atoms with Crippen molar-refractivity contribution in [1.82, 2.24) is 10.6 Å². The van der Waals surface area contributed by atoms with Gasteiger partial charge in [-0.05, 0) is 50.4 Å². The SMILES string of the molecule is CN=C(NCCC1=CCOCC1)NC1CCC(C(C)C)CC1. The fraction of sp³-hybridized carbons (Fsp3) is 0.833. The average Bonchev–Trinajstić information content (AvgIpc) is 2.55. The Kier molecular flexibility index (Phi) is 7.23. The van der Waals surface area contributed by atoms with E-state index in [-0.39, 0.29) is 0 Å². The number of hydrogen-bond acceptors (Lipinski definition) is 2. The second-order valence-electron chi connectivity index (χ2n) is 6.94. The summed E-state index contributed by atoms with van der Waals surface area (Å²) in [4.78, 5) is 4.37. The third-order valence-corrected chi connectivity index (χ3v) is 5.08. The molecule has 1 saturated carbocycles. The molecule has 4 nitrogen and oxygen atoms in total. The number of ether oxygens (including phenoxy) is 1. The van der Waals surface area contributed by atoms with Gasteiger partial charge in [0.05, 0.1) is 13.2 Å². The Hall–Kier alpha value is -1.03. The van der Waals surface area contributed by atoms with Crippen LogP contribution in [0.1, 0.15) is 52.4 Å². The highest BCUT2D eigenvalue weighted by Crippen LogP contribution is 2.29. The summed E-state index contributed by atoms with van der Waals surface area (Å²) in [7, 11) is 1.86. The zero-order valence-corrected chi connectivity index (χ0v) is 14.5. The van der Waals surface area contributed by atoms with E-state index in [0.717, 1.165) is 50.4 Å². The van der Waals surface area contributed by atoms with E-state index in [1.807, 2.05) is 7.05 Å². The Morgan fingerprint density at radius 1 is 1.32 bits per heavy atom. The van der Waals surface area contributed by atoms with Crippen LogP contribution in [0.25, 0.3) is 0 Å². The van der Waals surface area contributed by atoms with E-state index in [0.29, 0.717) is 6.04 Å². The van der Waals surface area contributed by atoms with Crippen LogP contribution < -0.4 is 10.6 Å². The van der Waals surface area contributed by atoms with E-state index < -0.39 is 0 Å². The summed E-state index contributed by atoms with van der Waals surface area (Å²) < 4.78 is 5.34. The molecule has 2 aliphatic rings. The fourth-order valence-corrected chi connectivity index (χ4v) is 3.45. The molecule has 0 amide bonds. The molecule has 0 unspecified atom stereocenters. The molecule has 4 heteroatoms. The van der Waals surface area contributed by atoms with Crippen LogP contribution in [0.5, 0.6) is 0 Å². The molecule has 0 atom stereocenters. The maximum atomic E-state index is 5.34. The van der Waals surface area contributed by atoms with Gasteiger partial charge in [-0.1, -0.05) is 25.5 Å². The predicted molar refractivity (Wildman–Crippen MR) is 93.2 cm³/mol. The Bertz CT molecular complexity index is 382. The zero-order chi connectivity index (χ0) is 15.8. The van der Waals surface area contributed by atoms with Crippen LogP contribution in [-0.4, -0.2) is 38.8 Å². The van der Waals surface area contributed by atoms with Crippen molar-refractivity contribution in [2.45, 2.75) is 58.4 Å². The molecule has 0 aromatic rings. The normalized spacial score (nSPS) is 26.7. The van der Waals surface area contributed by atoms with Crippen LogP contribution in [0.2, 0.25) is 0 Å². The molecule has 22 heavy (non-hydrogen) atoms. The molecule has 1 aliphatic carbocycles.